The van der Waals surface area contributed by atoms with E-state index in [-0.39, 0.29) is 17.4 Å². The molecule has 1 heterocycles. The fourth-order valence-corrected chi connectivity index (χ4v) is 5.80. The molecule has 2 fully saturated rings. The highest BCUT2D eigenvalue weighted by Gasteiger charge is 2.42. The van der Waals surface area contributed by atoms with Crippen molar-refractivity contribution in [1.82, 2.24) is 20.2 Å². The first-order valence-electron chi connectivity index (χ1n) is 11.0. The number of hydrogen-bond donors (Lipinski definition) is 2. The van der Waals surface area contributed by atoms with Gasteiger partial charge in [-0.05, 0) is 54.9 Å². The van der Waals surface area contributed by atoms with Crippen LogP contribution in [0.2, 0.25) is 0 Å². The summed E-state index contributed by atoms with van der Waals surface area (Å²) in [4.78, 5) is 12.5. The predicted octanol–water partition coefficient (Wildman–Crippen LogP) is 3.99. The van der Waals surface area contributed by atoms with E-state index < -0.39 is 0 Å². The number of nitrogens with zero attached hydrogens (tertiary/aromatic N) is 3. The van der Waals surface area contributed by atoms with Crippen LogP contribution in [0.3, 0.4) is 0 Å². The molecule has 162 valence electrons. The molecule has 2 saturated carbocycles. The van der Waals surface area contributed by atoms with Gasteiger partial charge in [0.1, 0.15) is 0 Å². The van der Waals surface area contributed by atoms with E-state index >= 15 is 0 Å². The first-order chi connectivity index (χ1) is 14.2. The number of fused-ring (bicyclic) bond motifs is 2. The third-order valence-electron chi connectivity index (χ3n) is 6.83. The van der Waals surface area contributed by atoms with Gasteiger partial charge in [0, 0.05) is 11.6 Å². The van der Waals surface area contributed by atoms with Crippen LogP contribution in [0.25, 0.3) is 11.4 Å². The van der Waals surface area contributed by atoms with Crippen molar-refractivity contribution in [2.24, 2.45) is 17.8 Å². The lowest BCUT2D eigenvalue weighted by molar-refractivity contribution is -0.119. The molecule has 4 unspecified atom stereocenters. The Morgan fingerprint density at radius 3 is 2.57 bits per heavy atom. The third-order valence-corrected chi connectivity index (χ3v) is 7.77. The van der Waals surface area contributed by atoms with Gasteiger partial charge in [0.25, 0.3) is 0 Å². The van der Waals surface area contributed by atoms with E-state index in [0.29, 0.717) is 22.7 Å². The zero-order valence-electron chi connectivity index (χ0n) is 18.4. The first-order valence-corrected chi connectivity index (χ1v) is 11.9. The molecule has 4 rings (SSSR count). The second-order valence-corrected chi connectivity index (χ2v) is 10.9. The predicted molar refractivity (Wildman–Crippen MR) is 122 cm³/mol. The van der Waals surface area contributed by atoms with E-state index in [0.717, 1.165) is 17.4 Å². The van der Waals surface area contributed by atoms with Gasteiger partial charge in [-0.25, -0.2) is 4.68 Å². The highest BCUT2D eigenvalue weighted by atomic mass is 32.2. The zero-order chi connectivity index (χ0) is 21.5. The minimum Gasteiger partial charge on any atom is -0.353 e. The molecule has 2 aliphatic carbocycles. The average molecular weight is 428 g/mol. The molecular formula is C23H33N5OS. The molecule has 0 saturated heterocycles. The molecule has 30 heavy (non-hydrogen) atoms. The van der Waals surface area contributed by atoms with E-state index in [4.69, 9.17) is 5.84 Å². The third kappa shape index (κ3) is 4.36. The van der Waals surface area contributed by atoms with Crippen molar-refractivity contribution >= 4 is 17.7 Å². The maximum absolute atomic E-state index is 12.5. The van der Waals surface area contributed by atoms with Crippen molar-refractivity contribution in [1.29, 1.82) is 0 Å². The summed E-state index contributed by atoms with van der Waals surface area (Å²) in [7, 11) is 0. The Balaban J connectivity index is 1.33. The van der Waals surface area contributed by atoms with Crippen LogP contribution >= 0.6 is 11.8 Å². The molecule has 1 aromatic heterocycles. The average Bonchev–Trinajstić information content (AvgIpc) is 3.42. The summed E-state index contributed by atoms with van der Waals surface area (Å²) < 4.78 is 1.48. The molecule has 2 aromatic rings. The second kappa shape index (κ2) is 8.25. The van der Waals surface area contributed by atoms with Crippen LogP contribution in [-0.4, -0.2) is 32.6 Å². The van der Waals surface area contributed by atoms with Gasteiger partial charge in [-0.2, -0.15) is 0 Å². The van der Waals surface area contributed by atoms with Gasteiger partial charge in [-0.3, -0.25) is 4.79 Å². The molecule has 4 atom stereocenters. The molecule has 0 spiro atoms. The first kappa shape index (κ1) is 21.2. The number of thioether (sulfide) groups is 1. The van der Waals surface area contributed by atoms with Crippen molar-refractivity contribution < 1.29 is 4.79 Å². The molecule has 2 aliphatic rings. The number of nitrogens with one attached hydrogen (secondary N) is 1. The summed E-state index contributed by atoms with van der Waals surface area (Å²) in [6.45, 7) is 8.71. The minimum atomic E-state index is 0.0364. The summed E-state index contributed by atoms with van der Waals surface area (Å²) in [5.74, 6) is 9.49. The summed E-state index contributed by atoms with van der Waals surface area (Å²) in [6.07, 6.45) is 5.34. The van der Waals surface area contributed by atoms with E-state index in [1.807, 2.05) is 12.1 Å². The minimum absolute atomic E-state index is 0.0364. The van der Waals surface area contributed by atoms with Crippen molar-refractivity contribution in [2.45, 2.75) is 70.0 Å². The number of aromatic nitrogens is 3. The van der Waals surface area contributed by atoms with Gasteiger partial charge >= 0.3 is 0 Å². The number of nitrogens with two attached hydrogens (primary N) is 1. The summed E-state index contributed by atoms with van der Waals surface area (Å²) in [5.41, 5.74) is 2.27. The zero-order valence-corrected chi connectivity index (χ0v) is 19.2. The topological polar surface area (TPSA) is 85.8 Å². The number of benzene rings is 1. The Kier molecular flexibility index (Phi) is 5.84. The fraction of sp³-hybridized carbons (Fsp3) is 0.609. The quantitative estimate of drug-likeness (QED) is 0.538. The number of carbonyl (C=O) groups is 1. The molecule has 0 radical (unpaired) electrons. The fourth-order valence-electron chi connectivity index (χ4n) is 5.13. The van der Waals surface area contributed by atoms with E-state index in [2.05, 4.69) is 55.3 Å². The number of hydrogen-bond acceptors (Lipinski definition) is 5. The summed E-state index contributed by atoms with van der Waals surface area (Å²) >= 11 is 1.33. The molecule has 1 amide bonds. The van der Waals surface area contributed by atoms with E-state index in [1.165, 1.54) is 47.7 Å². The van der Waals surface area contributed by atoms with Crippen molar-refractivity contribution in [3.63, 3.8) is 0 Å². The number of amides is 1. The Labute approximate surface area is 183 Å². The number of nitrogen functional groups attached to an aromatic ring is 1. The van der Waals surface area contributed by atoms with Gasteiger partial charge in [0.05, 0.1) is 5.75 Å². The lowest BCUT2D eigenvalue weighted by Crippen LogP contribution is -2.41. The SMILES string of the molecule is CC(NC(=O)CSc1nnc(-c2ccc(C(C)(C)C)cc2)n1N)C1CC2CCC1C2. The Morgan fingerprint density at radius 2 is 1.97 bits per heavy atom. The van der Waals surface area contributed by atoms with Gasteiger partial charge in [0.15, 0.2) is 5.82 Å². The highest BCUT2D eigenvalue weighted by molar-refractivity contribution is 7.99. The highest BCUT2D eigenvalue weighted by Crippen LogP contribution is 2.49. The summed E-state index contributed by atoms with van der Waals surface area (Å²) in [5, 5.41) is 12.2. The van der Waals surface area contributed by atoms with Crippen LogP contribution in [0.15, 0.2) is 29.4 Å². The van der Waals surface area contributed by atoms with Gasteiger partial charge in [0.2, 0.25) is 11.1 Å². The van der Waals surface area contributed by atoms with E-state index in [1.54, 1.807) is 0 Å². The largest absolute Gasteiger partial charge is 0.353 e. The van der Waals surface area contributed by atoms with Crippen LogP contribution in [0.5, 0.6) is 0 Å². The lowest BCUT2D eigenvalue weighted by Gasteiger charge is -2.28. The maximum Gasteiger partial charge on any atom is 0.230 e. The van der Waals surface area contributed by atoms with E-state index in [9.17, 15) is 4.79 Å². The maximum atomic E-state index is 12.5. The van der Waals surface area contributed by atoms with Gasteiger partial charge in [-0.1, -0.05) is 63.2 Å². The van der Waals surface area contributed by atoms with Crippen LogP contribution in [0.1, 0.15) is 58.9 Å². The lowest BCUT2D eigenvalue weighted by atomic mass is 9.84. The standard InChI is InChI=1S/C23H33N5OS/c1-14(19-12-15-5-6-17(19)11-15)25-20(29)13-30-22-27-26-21(28(22)24)16-7-9-18(10-8-16)23(2,3)4/h7-10,14-15,17,19H,5-6,11-13,24H2,1-4H3,(H,25,29). The normalized spacial score (nSPS) is 24.2. The smallest absolute Gasteiger partial charge is 0.230 e. The molecule has 7 heteroatoms. The molecule has 6 nitrogen and oxygen atoms in total. The van der Waals surface area contributed by atoms with Crippen LogP contribution in [0.4, 0.5) is 0 Å². The van der Waals surface area contributed by atoms with Gasteiger partial charge in [-0.15, -0.1) is 10.2 Å². The Bertz CT molecular complexity index is 901. The molecule has 3 N–H and O–H groups in total. The van der Waals surface area contributed by atoms with Crippen LogP contribution < -0.4 is 11.2 Å². The van der Waals surface area contributed by atoms with Crippen molar-refractivity contribution in [2.75, 3.05) is 11.6 Å². The van der Waals surface area contributed by atoms with Gasteiger partial charge < -0.3 is 11.2 Å². The van der Waals surface area contributed by atoms with Crippen molar-refractivity contribution in [3.8, 4) is 11.4 Å². The molecule has 0 aliphatic heterocycles. The number of rotatable bonds is 6. The molecular weight excluding hydrogens is 394 g/mol. The Morgan fingerprint density at radius 1 is 1.23 bits per heavy atom. The van der Waals surface area contributed by atoms with Crippen LogP contribution in [0, 0.1) is 17.8 Å². The van der Waals surface area contributed by atoms with Crippen molar-refractivity contribution in [3.05, 3.63) is 29.8 Å². The Hall–Kier alpha value is -2.02. The second-order valence-electron chi connectivity index (χ2n) is 9.99. The summed E-state index contributed by atoms with van der Waals surface area (Å²) in [6, 6.07) is 8.47. The van der Waals surface area contributed by atoms with Crippen LogP contribution in [-0.2, 0) is 10.2 Å². The molecule has 1 aromatic carbocycles. The molecule has 2 bridgehead atoms. The monoisotopic (exact) mass is 427 g/mol. The number of carbonyl (C=O) groups excluding carboxylic acids is 1.